The molecule has 0 aromatic carbocycles. The lowest BCUT2D eigenvalue weighted by atomic mass is 10.2. The zero-order chi connectivity index (χ0) is 13.7. The first-order valence-corrected chi connectivity index (χ1v) is 5.73. The van der Waals surface area contributed by atoms with Crippen molar-refractivity contribution in [2.75, 3.05) is 20.1 Å². The first kappa shape index (κ1) is 14.2. The number of carbonyl (C=O) groups is 2. The van der Waals surface area contributed by atoms with Crippen molar-refractivity contribution in [3.05, 3.63) is 17.5 Å². The smallest absolute Gasteiger partial charge is 0.257 e. The van der Waals surface area contributed by atoms with E-state index in [9.17, 15) is 9.59 Å². The topological polar surface area (TPSA) is 107 Å². The van der Waals surface area contributed by atoms with Crippen molar-refractivity contribution >= 4 is 11.8 Å². The molecule has 1 rings (SSSR count). The van der Waals surface area contributed by atoms with Crippen LogP contribution < -0.4 is 11.5 Å². The summed E-state index contributed by atoms with van der Waals surface area (Å²) in [6, 6.07) is 0. The number of nitrogens with two attached hydrogens (primary N) is 2. The molecule has 0 saturated heterocycles. The molecule has 7 nitrogen and oxygen atoms in total. The molecule has 7 heteroatoms. The number of aryl methyl sites for hydroxylation is 1. The molecule has 0 bridgehead atoms. The van der Waals surface area contributed by atoms with Crippen LogP contribution in [0.25, 0.3) is 0 Å². The fourth-order valence-electron chi connectivity index (χ4n) is 1.63. The van der Waals surface area contributed by atoms with Crippen molar-refractivity contribution in [3.8, 4) is 0 Å². The lowest BCUT2D eigenvalue weighted by molar-refractivity contribution is -0.118. The molecule has 2 amide bonds. The second kappa shape index (κ2) is 6.15. The fraction of sp³-hybridized carbons (Fsp3) is 0.545. The predicted octanol–water partition coefficient (Wildman–Crippen LogP) is -0.902. The van der Waals surface area contributed by atoms with Crippen LogP contribution in [0, 0.1) is 6.92 Å². The Bertz CT molecular complexity index is 441. The van der Waals surface area contributed by atoms with Gasteiger partial charge in [0.05, 0.1) is 18.3 Å². The van der Waals surface area contributed by atoms with Crippen LogP contribution in [0.1, 0.15) is 22.5 Å². The molecule has 0 aliphatic rings. The average molecular weight is 253 g/mol. The van der Waals surface area contributed by atoms with Gasteiger partial charge in [-0.2, -0.15) is 5.10 Å². The van der Waals surface area contributed by atoms with Crippen molar-refractivity contribution < 1.29 is 9.59 Å². The van der Waals surface area contributed by atoms with Crippen LogP contribution in [0.4, 0.5) is 0 Å². The standard InChI is InChI=1S/C11H19N5O2/c1-8-9(6-14-16(8)5-3-4-12)11(18)15(2)7-10(13)17/h6H,3-5,7,12H2,1-2H3,(H2,13,17). The van der Waals surface area contributed by atoms with E-state index in [-0.39, 0.29) is 12.5 Å². The van der Waals surface area contributed by atoms with Gasteiger partial charge in [0.2, 0.25) is 5.91 Å². The molecule has 0 aliphatic carbocycles. The van der Waals surface area contributed by atoms with Crippen molar-refractivity contribution in [2.24, 2.45) is 11.5 Å². The number of likely N-dealkylation sites (N-methyl/N-ethyl adjacent to an activating group) is 1. The lowest BCUT2D eigenvalue weighted by Crippen LogP contribution is -2.35. The molecule has 100 valence electrons. The first-order valence-electron chi connectivity index (χ1n) is 5.73. The monoisotopic (exact) mass is 253 g/mol. The van der Waals surface area contributed by atoms with Crippen LogP contribution in [0.2, 0.25) is 0 Å². The highest BCUT2D eigenvalue weighted by Crippen LogP contribution is 2.10. The number of rotatable bonds is 6. The van der Waals surface area contributed by atoms with Crippen LogP contribution in [-0.2, 0) is 11.3 Å². The van der Waals surface area contributed by atoms with Crippen molar-refractivity contribution in [3.63, 3.8) is 0 Å². The zero-order valence-electron chi connectivity index (χ0n) is 10.7. The normalized spacial score (nSPS) is 10.4. The SMILES string of the molecule is Cc1c(C(=O)N(C)CC(N)=O)cnn1CCCN. The van der Waals surface area contributed by atoms with Crippen LogP contribution in [0.3, 0.4) is 0 Å². The summed E-state index contributed by atoms with van der Waals surface area (Å²) in [5.41, 5.74) is 11.7. The molecule has 0 unspecified atom stereocenters. The van der Waals surface area contributed by atoms with Gasteiger partial charge >= 0.3 is 0 Å². The molecule has 0 saturated carbocycles. The third-order valence-corrected chi connectivity index (χ3v) is 2.65. The molecule has 0 aliphatic heterocycles. The molecular formula is C11H19N5O2. The molecular weight excluding hydrogens is 234 g/mol. The van der Waals surface area contributed by atoms with E-state index in [1.165, 1.54) is 18.1 Å². The van der Waals surface area contributed by atoms with E-state index in [4.69, 9.17) is 11.5 Å². The summed E-state index contributed by atoms with van der Waals surface area (Å²) in [6.07, 6.45) is 2.30. The maximum atomic E-state index is 12.0. The Labute approximate surface area is 106 Å². The number of nitrogens with zero attached hydrogens (tertiary/aromatic N) is 3. The minimum absolute atomic E-state index is 0.105. The van der Waals surface area contributed by atoms with Gasteiger partial charge in [-0.15, -0.1) is 0 Å². The minimum Gasteiger partial charge on any atom is -0.368 e. The van der Waals surface area contributed by atoms with Crippen LogP contribution in [0.15, 0.2) is 6.20 Å². The van der Waals surface area contributed by atoms with Gasteiger partial charge in [0.15, 0.2) is 0 Å². The molecule has 0 spiro atoms. The number of carbonyl (C=O) groups excluding carboxylic acids is 2. The summed E-state index contributed by atoms with van der Waals surface area (Å²) >= 11 is 0. The Morgan fingerprint density at radius 1 is 1.50 bits per heavy atom. The largest absolute Gasteiger partial charge is 0.368 e. The number of aromatic nitrogens is 2. The summed E-state index contributed by atoms with van der Waals surface area (Å²) in [7, 11) is 1.53. The Kier molecular flexibility index (Phi) is 4.85. The third-order valence-electron chi connectivity index (χ3n) is 2.65. The van der Waals surface area contributed by atoms with E-state index in [1.807, 2.05) is 6.92 Å². The van der Waals surface area contributed by atoms with Crippen molar-refractivity contribution in [1.29, 1.82) is 0 Å². The molecule has 0 fully saturated rings. The highest BCUT2D eigenvalue weighted by Gasteiger charge is 2.18. The van der Waals surface area contributed by atoms with Gasteiger partial charge in [0.1, 0.15) is 0 Å². The second-order valence-electron chi connectivity index (χ2n) is 4.14. The number of hydrogen-bond acceptors (Lipinski definition) is 4. The number of primary amides is 1. The fourth-order valence-corrected chi connectivity index (χ4v) is 1.63. The van der Waals surface area contributed by atoms with E-state index < -0.39 is 5.91 Å². The lowest BCUT2D eigenvalue weighted by Gasteiger charge is -2.14. The van der Waals surface area contributed by atoms with E-state index in [2.05, 4.69) is 5.10 Å². The predicted molar refractivity (Wildman–Crippen MR) is 66.8 cm³/mol. The molecule has 0 radical (unpaired) electrons. The van der Waals surface area contributed by atoms with Crippen molar-refractivity contribution in [1.82, 2.24) is 14.7 Å². The van der Waals surface area contributed by atoms with Gasteiger partial charge in [-0.05, 0) is 19.9 Å². The van der Waals surface area contributed by atoms with Crippen molar-refractivity contribution in [2.45, 2.75) is 19.9 Å². The Balaban J connectivity index is 2.80. The average Bonchev–Trinajstić information content (AvgIpc) is 2.66. The maximum Gasteiger partial charge on any atom is 0.257 e. The first-order chi connectivity index (χ1) is 8.47. The minimum atomic E-state index is -0.543. The van der Waals surface area contributed by atoms with Crippen LogP contribution in [0.5, 0.6) is 0 Å². The molecule has 1 aromatic rings. The third kappa shape index (κ3) is 3.30. The summed E-state index contributed by atoms with van der Waals surface area (Å²) in [4.78, 5) is 24.1. The van der Waals surface area contributed by atoms with E-state index in [1.54, 1.807) is 4.68 Å². The summed E-state index contributed by atoms with van der Waals surface area (Å²) in [6.45, 7) is 2.96. The van der Waals surface area contributed by atoms with Gasteiger partial charge in [-0.3, -0.25) is 14.3 Å². The zero-order valence-corrected chi connectivity index (χ0v) is 10.7. The highest BCUT2D eigenvalue weighted by molar-refractivity contribution is 5.96. The molecule has 1 heterocycles. The van der Waals surface area contributed by atoms with E-state index >= 15 is 0 Å². The van der Waals surface area contributed by atoms with Crippen LogP contribution >= 0.6 is 0 Å². The van der Waals surface area contributed by atoms with Crippen LogP contribution in [-0.4, -0.2) is 46.6 Å². The molecule has 18 heavy (non-hydrogen) atoms. The molecule has 1 aromatic heterocycles. The van der Waals surface area contributed by atoms with Gasteiger partial charge in [-0.25, -0.2) is 0 Å². The Hall–Kier alpha value is -1.89. The number of hydrogen-bond donors (Lipinski definition) is 2. The van der Waals surface area contributed by atoms with Gasteiger partial charge in [0, 0.05) is 19.3 Å². The quantitative estimate of drug-likeness (QED) is 0.684. The van der Waals surface area contributed by atoms with Gasteiger partial charge in [-0.1, -0.05) is 0 Å². The highest BCUT2D eigenvalue weighted by atomic mass is 16.2. The number of amides is 2. The van der Waals surface area contributed by atoms with E-state index in [0.29, 0.717) is 18.7 Å². The van der Waals surface area contributed by atoms with Gasteiger partial charge < -0.3 is 16.4 Å². The Morgan fingerprint density at radius 2 is 2.17 bits per heavy atom. The maximum absolute atomic E-state index is 12.0. The second-order valence-corrected chi connectivity index (χ2v) is 4.14. The molecule has 0 atom stereocenters. The summed E-state index contributed by atoms with van der Waals surface area (Å²) < 4.78 is 1.73. The summed E-state index contributed by atoms with van der Waals surface area (Å²) in [5.74, 6) is -0.802. The van der Waals surface area contributed by atoms with E-state index in [0.717, 1.165) is 12.1 Å². The van der Waals surface area contributed by atoms with Gasteiger partial charge in [0.25, 0.3) is 5.91 Å². The Morgan fingerprint density at radius 3 is 2.72 bits per heavy atom. The molecule has 4 N–H and O–H groups in total. The summed E-state index contributed by atoms with van der Waals surface area (Å²) in [5, 5.41) is 4.13.